The largest absolute Gasteiger partial charge is 0.496 e. The van der Waals surface area contributed by atoms with Crippen LogP contribution in [0.4, 0.5) is 10.1 Å². The predicted octanol–water partition coefficient (Wildman–Crippen LogP) is 6.47. The van der Waals surface area contributed by atoms with Crippen molar-refractivity contribution in [1.29, 1.82) is 0 Å². The molecule has 4 rings (SSSR count). The molecule has 1 aromatic heterocycles. The molecule has 0 atom stereocenters. The van der Waals surface area contributed by atoms with E-state index in [1.807, 2.05) is 60.7 Å². The summed E-state index contributed by atoms with van der Waals surface area (Å²) in [6, 6.07) is 24.6. The number of hydrogen-bond donors (Lipinski definition) is 1. The van der Waals surface area contributed by atoms with Crippen LogP contribution in [-0.4, -0.2) is 18.0 Å². The van der Waals surface area contributed by atoms with Gasteiger partial charge in [-0.2, -0.15) is 0 Å². The van der Waals surface area contributed by atoms with Crippen molar-refractivity contribution in [3.05, 3.63) is 101 Å². The van der Waals surface area contributed by atoms with Gasteiger partial charge in [-0.05, 0) is 54.6 Å². The minimum Gasteiger partial charge on any atom is -0.496 e. The third-order valence-corrected chi connectivity index (χ3v) is 5.02. The predicted molar refractivity (Wildman–Crippen MR) is 121 cm³/mol. The van der Waals surface area contributed by atoms with E-state index in [4.69, 9.17) is 21.3 Å². The number of pyridine rings is 1. The van der Waals surface area contributed by atoms with Crippen LogP contribution in [0.25, 0.3) is 22.5 Å². The van der Waals surface area contributed by atoms with Gasteiger partial charge in [0.2, 0.25) is 0 Å². The van der Waals surface area contributed by atoms with Gasteiger partial charge >= 0.3 is 0 Å². The van der Waals surface area contributed by atoms with E-state index >= 15 is 0 Å². The molecule has 0 saturated heterocycles. The van der Waals surface area contributed by atoms with Crippen LogP contribution in [0.2, 0.25) is 5.02 Å². The van der Waals surface area contributed by atoms with Gasteiger partial charge in [0.15, 0.2) is 0 Å². The van der Waals surface area contributed by atoms with Crippen LogP contribution in [0, 0.1) is 5.82 Å². The Hall–Kier alpha value is -3.70. The second-order valence-corrected chi connectivity index (χ2v) is 7.18. The summed E-state index contributed by atoms with van der Waals surface area (Å²) in [4.78, 5) is 17.3. The maximum atomic E-state index is 13.4. The van der Waals surface area contributed by atoms with Crippen molar-refractivity contribution < 1.29 is 13.9 Å². The standard InChI is InChI=1S/C25H18ClFN2O2/c1-31-24-11-3-2-8-19(24)23-10-5-9-22(29-23)16-6-4-7-18(14-16)28-25(30)17-12-13-21(27)20(26)15-17/h2-15H,1H3,(H,28,30). The lowest BCUT2D eigenvalue weighted by Gasteiger charge is -2.10. The number of rotatable bonds is 5. The van der Waals surface area contributed by atoms with Crippen LogP contribution in [-0.2, 0) is 0 Å². The Bertz CT molecular complexity index is 1260. The molecule has 0 aliphatic heterocycles. The fourth-order valence-electron chi connectivity index (χ4n) is 3.20. The van der Waals surface area contributed by atoms with E-state index in [1.54, 1.807) is 13.2 Å². The van der Waals surface area contributed by atoms with Crippen LogP contribution < -0.4 is 10.1 Å². The van der Waals surface area contributed by atoms with Crippen LogP contribution in [0.15, 0.2) is 84.9 Å². The molecule has 1 heterocycles. The number of para-hydroxylation sites is 1. The third-order valence-electron chi connectivity index (χ3n) is 4.73. The summed E-state index contributed by atoms with van der Waals surface area (Å²) < 4.78 is 18.8. The van der Waals surface area contributed by atoms with Gasteiger partial charge in [0.25, 0.3) is 5.91 Å². The van der Waals surface area contributed by atoms with Gasteiger partial charge in [-0.15, -0.1) is 0 Å². The molecule has 0 fully saturated rings. The number of nitrogens with zero attached hydrogens (tertiary/aromatic N) is 1. The van der Waals surface area contributed by atoms with Gasteiger partial charge in [0.05, 0.1) is 23.5 Å². The third kappa shape index (κ3) is 4.57. The molecule has 0 spiro atoms. The highest BCUT2D eigenvalue weighted by Gasteiger charge is 2.11. The number of halogens is 2. The number of benzene rings is 3. The van der Waals surface area contributed by atoms with Crippen molar-refractivity contribution in [3.8, 4) is 28.3 Å². The number of methoxy groups -OCH3 is 1. The number of ether oxygens (including phenoxy) is 1. The van der Waals surface area contributed by atoms with Gasteiger partial charge < -0.3 is 10.1 Å². The Morgan fingerprint density at radius 3 is 2.52 bits per heavy atom. The van der Waals surface area contributed by atoms with Crippen LogP contribution in [0.5, 0.6) is 5.75 Å². The van der Waals surface area contributed by atoms with Crippen molar-refractivity contribution >= 4 is 23.2 Å². The number of nitrogens with one attached hydrogen (secondary N) is 1. The van der Waals surface area contributed by atoms with Crippen LogP contribution in [0.1, 0.15) is 10.4 Å². The number of anilines is 1. The van der Waals surface area contributed by atoms with Crippen molar-refractivity contribution in [2.45, 2.75) is 0 Å². The number of amides is 1. The van der Waals surface area contributed by atoms with E-state index in [-0.39, 0.29) is 16.5 Å². The summed E-state index contributed by atoms with van der Waals surface area (Å²) in [7, 11) is 1.63. The van der Waals surface area contributed by atoms with Crippen molar-refractivity contribution in [3.63, 3.8) is 0 Å². The normalized spacial score (nSPS) is 10.5. The minimum atomic E-state index is -0.568. The summed E-state index contributed by atoms with van der Waals surface area (Å²) in [5.74, 6) is -0.206. The molecule has 4 nitrogen and oxygen atoms in total. The van der Waals surface area contributed by atoms with Crippen molar-refractivity contribution in [2.24, 2.45) is 0 Å². The molecule has 0 unspecified atom stereocenters. The maximum Gasteiger partial charge on any atom is 0.255 e. The highest BCUT2D eigenvalue weighted by molar-refractivity contribution is 6.31. The number of aromatic nitrogens is 1. The first-order valence-corrected chi connectivity index (χ1v) is 9.90. The Kier molecular flexibility index (Phi) is 5.96. The molecule has 1 amide bonds. The first-order valence-electron chi connectivity index (χ1n) is 9.52. The van der Waals surface area contributed by atoms with E-state index in [0.29, 0.717) is 5.69 Å². The summed E-state index contributed by atoms with van der Waals surface area (Å²) >= 11 is 5.78. The highest BCUT2D eigenvalue weighted by Crippen LogP contribution is 2.30. The molecule has 6 heteroatoms. The summed E-state index contributed by atoms with van der Waals surface area (Å²) in [6.45, 7) is 0. The molecule has 0 bridgehead atoms. The van der Waals surface area contributed by atoms with Gasteiger partial charge in [-0.3, -0.25) is 4.79 Å². The van der Waals surface area contributed by atoms with E-state index in [1.165, 1.54) is 18.2 Å². The van der Waals surface area contributed by atoms with Gasteiger partial charge in [0, 0.05) is 22.4 Å². The van der Waals surface area contributed by atoms with Crippen molar-refractivity contribution in [1.82, 2.24) is 4.98 Å². The van der Waals surface area contributed by atoms with Gasteiger partial charge in [-0.25, -0.2) is 9.37 Å². The van der Waals surface area contributed by atoms with Gasteiger partial charge in [0.1, 0.15) is 11.6 Å². The summed E-state index contributed by atoms with van der Waals surface area (Å²) in [6.07, 6.45) is 0. The fraction of sp³-hybridized carbons (Fsp3) is 0.0400. The highest BCUT2D eigenvalue weighted by atomic mass is 35.5. The summed E-state index contributed by atoms with van der Waals surface area (Å²) in [5.41, 5.74) is 4.13. The maximum absolute atomic E-state index is 13.4. The average molecular weight is 433 g/mol. The molecule has 0 aliphatic carbocycles. The molecular weight excluding hydrogens is 415 g/mol. The quantitative estimate of drug-likeness (QED) is 0.393. The Balaban J connectivity index is 1.61. The van der Waals surface area contributed by atoms with Crippen LogP contribution >= 0.6 is 11.6 Å². The zero-order chi connectivity index (χ0) is 21.8. The minimum absolute atomic E-state index is 0.0984. The molecule has 31 heavy (non-hydrogen) atoms. The smallest absolute Gasteiger partial charge is 0.255 e. The van der Waals surface area contributed by atoms with E-state index < -0.39 is 5.82 Å². The first kappa shape index (κ1) is 20.6. The number of carbonyl (C=O) groups excluding carboxylic acids is 1. The van der Waals surface area contributed by atoms with Gasteiger partial charge in [-0.1, -0.05) is 41.9 Å². The zero-order valence-electron chi connectivity index (χ0n) is 16.6. The Morgan fingerprint density at radius 1 is 0.935 bits per heavy atom. The van der Waals surface area contributed by atoms with Crippen LogP contribution in [0.3, 0.4) is 0 Å². The van der Waals surface area contributed by atoms with E-state index in [9.17, 15) is 9.18 Å². The summed E-state index contributed by atoms with van der Waals surface area (Å²) in [5, 5.41) is 2.71. The topological polar surface area (TPSA) is 51.2 Å². The van der Waals surface area contributed by atoms with E-state index in [2.05, 4.69) is 5.32 Å². The monoisotopic (exact) mass is 432 g/mol. The van der Waals surface area contributed by atoms with E-state index in [0.717, 1.165) is 28.3 Å². The molecule has 1 N–H and O–H groups in total. The van der Waals surface area contributed by atoms with Crippen molar-refractivity contribution in [2.75, 3.05) is 12.4 Å². The lowest BCUT2D eigenvalue weighted by molar-refractivity contribution is 0.102. The fourth-order valence-corrected chi connectivity index (χ4v) is 3.38. The molecular formula is C25H18ClFN2O2. The Labute approximate surface area is 184 Å². The molecule has 4 aromatic rings. The second kappa shape index (κ2) is 8.98. The first-order chi connectivity index (χ1) is 15.0. The zero-order valence-corrected chi connectivity index (χ0v) is 17.4. The molecule has 0 radical (unpaired) electrons. The second-order valence-electron chi connectivity index (χ2n) is 6.77. The average Bonchev–Trinajstić information content (AvgIpc) is 2.81. The molecule has 0 saturated carbocycles. The lowest BCUT2D eigenvalue weighted by Crippen LogP contribution is -2.12. The SMILES string of the molecule is COc1ccccc1-c1cccc(-c2cccc(NC(=O)c3ccc(F)c(Cl)c3)c2)n1. The molecule has 154 valence electrons. The Morgan fingerprint density at radius 2 is 1.71 bits per heavy atom. The number of carbonyl (C=O) groups is 1. The number of hydrogen-bond acceptors (Lipinski definition) is 3. The lowest BCUT2D eigenvalue weighted by atomic mass is 10.1. The molecule has 0 aliphatic rings. The molecule has 3 aromatic carbocycles.